The predicted octanol–water partition coefficient (Wildman–Crippen LogP) is 2.55. The second-order valence-electron chi connectivity index (χ2n) is 5.98. The molecule has 0 spiro atoms. The molecule has 0 radical (unpaired) electrons. The van der Waals surface area contributed by atoms with Crippen LogP contribution in [0.25, 0.3) is 0 Å². The molecular weight excluding hydrogens is 294 g/mol. The lowest BCUT2D eigenvalue weighted by molar-refractivity contribution is -0.131. The first-order chi connectivity index (χ1) is 11.0. The lowest BCUT2D eigenvalue weighted by Crippen LogP contribution is -2.23. The smallest absolute Gasteiger partial charge is 0.328 e. The highest BCUT2D eigenvalue weighted by atomic mass is 16.4. The second-order valence-corrected chi connectivity index (χ2v) is 5.98. The average molecular weight is 327 g/mol. The molecule has 0 amide bonds. The molecule has 0 heterocycles. The highest BCUT2D eigenvalue weighted by Gasteiger charge is 2.04. The minimum Gasteiger partial charge on any atom is -0.478 e. The molecule has 0 aliphatic heterocycles. The molecular formula is C17H33N3O3. The Morgan fingerprint density at radius 1 is 1.09 bits per heavy atom. The number of nitrogens with zero attached hydrogens (tertiary/aromatic N) is 1. The summed E-state index contributed by atoms with van der Waals surface area (Å²) in [4.78, 5) is 14.6. The van der Waals surface area contributed by atoms with Crippen molar-refractivity contribution in [2.75, 3.05) is 6.54 Å². The van der Waals surface area contributed by atoms with Gasteiger partial charge in [0.25, 0.3) is 0 Å². The second kappa shape index (κ2) is 14.1. The minimum absolute atomic E-state index is 0.0251. The van der Waals surface area contributed by atoms with Gasteiger partial charge in [-0.1, -0.05) is 45.4 Å². The first-order valence-electron chi connectivity index (χ1n) is 8.61. The fraction of sp³-hybridized carbons (Fsp3) is 0.765. The van der Waals surface area contributed by atoms with Gasteiger partial charge in [-0.3, -0.25) is 0 Å². The maximum Gasteiger partial charge on any atom is 0.328 e. The SMILES string of the molecule is CCCCC(O)CCCCCCCC(=CC(=O)O)CN=C(N)N. The zero-order chi connectivity index (χ0) is 17.5. The Bertz CT molecular complexity index is 377. The number of unbranched alkanes of at least 4 members (excludes halogenated alkanes) is 5. The molecule has 0 fully saturated rings. The zero-order valence-electron chi connectivity index (χ0n) is 14.3. The molecule has 0 aromatic rings. The summed E-state index contributed by atoms with van der Waals surface area (Å²) in [6.07, 6.45) is 11.0. The van der Waals surface area contributed by atoms with Crippen molar-refractivity contribution in [3.05, 3.63) is 11.6 Å². The summed E-state index contributed by atoms with van der Waals surface area (Å²) < 4.78 is 0. The molecule has 6 N–H and O–H groups in total. The van der Waals surface area contributed by atoms with Gasteiger partial charge in [0, 0.05) is 6.08 Å². The topological polar surface area (TPSA) is 122 Å². The van der Waals surface area contributed by atoms with Crippen molar-refractivity contribution in [2.24, 2.45) is 16.5 Å². The van der Waals surface area contributed by atoms with Crippen molar-refractivity contribution in [2.45, 2.75) is 77.2 Å². The maximum atomic E-state index is 10.8. The summed E-state index contributed by atoms with van der Waals surface area (Å²) in [5.41, 5.74) is 11.3. The van der Waals surface area contributed by atoms with Crippen LogP contribution in [0.3, 0.4) is 0 Å². The molecule has 0 aromatic heterocycles. The largest absolute Gasteiger partial charge is 0.478 e. The van der Waals surface area contributed by atoms with E-state index in [0.717, 1.165) is 63.4 Å². The van der Waals surface area contributed by atoms with Crippen LogP contribution in [0.5, 0.6) is 0 Å². The standard InChI is InChI=1S/C17H33N3O3/c1-2-3-10-15(21)11-8-6-4-5-7-9-14(12-16(22)23)13-20-17(18)19/h12,15,21H,2-11,13H2,1H3,(H,22,23)(H4,18,19,20). The Morgan fingerprint density at radius 2 is 1.70 bits per heavy atom. The van der Waals surface area contributed by atoms with Crippen LogP contribution in [0, 0.1) is 0 Å². The number of hydrogen-bond donors (Lipinski definition) is 4. The van der Waals surface area contributed by atoms with Crippen LogP contribution in [0.4, 0.5) is 0 Å². The third kappa shape index (κ3) is 15.1. The highest BCUT2D eigenvalue weighted by molar-refractivity contribution is 5.81. The van der Waals surface area contributed by atoms with Crippen molar-refractivity contribution in [1.29, 1.82) is 0 Å². The molecule has 0 rings (SSSR count). The van der Waals surface area contributed by atoms with Gasteiger partial charge < -0.3 is 21.7 Å². The fourth-order valence-electron chi connectivity index (χ4n) is 2.41. The summed E-state index contributed by atoms with van der Waals surface area (Å²) in [6.45, 7) is 2.38. The van der Waals surface area contributed by atoms with E-state index in [9.17, 15) is 9.90 Å². The molecule has 1 unspecified atom stereocenters. The van der Waals surface area contributed by atoms with Crippen molar-refractivity contribution < 1.29 is 15.0 Å². The van der Waals surface area contributed by atoms with Gasteiger partial charge in [-0.05, 0) is 31.3 Å². The van der Waals surface area contributed by atoms with E-state index in [4.69, 9.17) is 16.6 Å². The molecule has 0 aliphatic rings. The quantitative estimate of drug-likeness (QED) is 0.169. The number of carboxylic acids is 1. The average Bonchev–Trinajstić information content (AvgIpc) is 2.48. The molecule has 0 aromatic carbocycles. The number of aliphatic hydroxyl groups is 1. The third-order valence-corrected chi connectivity index (χ3v) is 3.72. The van der Waals surface area contributed by atoms with Gasteiger partial charge in [0.15, 0.2) is 5.96 Å². The number of aliphatic hydroxyl groups excluding tert-OH is 1. The van der Waals surface area contributed by atoms with Crippen LogP contribution in [0.1, 0.15) is 71.1 Å². The Labute approximate surface area is 139 Å². The van der Waals surface area contributed by atoms with E-state index in [1.807, 2.05) is 0 Å². The van der Waals surface area contributed by atoms with Crippen LogP contribution >= 0.6 is 0 Å². The van der Waals surface area contributed by atoms with E-state index >= 15 is 0 Å². The summed E-state index contributed by atoms with van der Waals surface area (Å²) in [6, 6.07) is 0. The summed E-state index contributed by atoms with van der Waals surface area (Å²) >= 11 is 0. The summed E-state index contributed by atoms with van der Waals surface area (Å²) in [7, 11) is 0. The lowest BCUT2D eigenvalue weighted by Gasteiger charge is -2.09. The van der Waals surface area contributed by atoms with E-state index in [1.54, 1.807) is 0 Å². The van der Waals surface area contributed by atoms with Gasteiger partial charge in [-0.15, -0.1) is 0 Å². The number of hydrogen-bond acceptors (Lipinski definition) is 3. The van der Waals surface area contributed by atoms with Crippen LogP contribution in [0.2, 0.25) is 0 Å². The van der Waals surface area contributed by atoms with Gasteiger partial charge in [-0.2, -0.15) is 0 Å². The van der Waals surface area contributed by atoms with E-state index in [0.29, 0.717) is 6.42 Å². The molecule has 6 heteroatoms. The van der Waals surface area contributed by atoms with Crippen molar-refractivity contribution >= 4 is 11.9 Å². The number of guanidine groups is 1. The molecule has 1 atom stereocenters. The van der Waals surface area contributed by atoms with Crippen LogP contribution in [-0.2, 0) is 4.79 Å². The van der Waals surface area contributed by atoms with Gasteiger partial charge in [0.2, 0.25) is 0 Å². The monoisotopic (exact) mass is 327 g/mol. The van der Waals surface area contributed by atoms with Crippen LogP contribution < -0.4 is 11.5 Å². The molecule has 0 saturated heterocycles. The van der Waals surface area contributed by atoms with Crippen molar-refractivity contribution in [3.8, 4) is 0 Å². The van der Waals surface area contributed by atoms with Gasteiger partial charge in [-0.25, -0.2) is 9.79 Å². The Kier molecular flexibility index (Phi) is 13.1. The molecule has 6 nitrogen and oxygen atoms in total. The Morgan fingerprint density at radius 3 is 2.30 bits per heavy atom. The van der Waals surface area contributed by atoms with Crippen molar-refractivity contribution in [1.82, 2.24) is 0 Å². The maximum absolute atomic E-state index is 10.8. The van der Waals surface area contributed by atoms with E-state index in [1.165, 1.54) is 6.08 Å². The number of rotatable bonds is 14. The number of aliphatic carboxylic acids is 1. The number of carboxylic acid groups (broad SMARTS) is 1. The summed E-state index contributed by atoms with van der Waals surface area (Å²) in [5.74, 6) is -0.991. The molecule has 0 aliphatic carbocycles. The molecule has 0 saturated carbocycles. The molecule has 0 bridgehead atoms. The number of nitrogens with two attached hydrogens (primary N) is 2. The van der Waals surface area contributed by atoms with Crippen LogP contribution in [-0.4, -0.2) is 34.8 Å². The van der Waals surface area contributed by atoms with Gasteiger partial charge in [0.05, 0.1) is 12.6 Å². The van der Waals surface area contributed by atoms with E-state index in [-0.39, 0.29) is 18.6 Å². The van der Waals surface area contributed by atoms with E-state index < -0.39 is 5.97 Å². The molecule has 23 heavy (non-hydrogen) atoms. The normalized spacial score (nSPS) is 12.9. The zero-order valence-corrected chi connectivity index (χ0v) is 14.3. The Hall–Kier alpha value is -1.56. The first-order valence-corrected chi connectivity index (χ1v) is 8.61. The first kappa shape index (κ1) is 21.4. The van der Waals surface area contributed by atoms with Crippen molar-refractivity contribution in [3.63, 3.8) is 0 Å². The van der Waals surface area contributed by atoms with Crippen LogP contribution in [0.15, 0.2) is 16.6 Å². The van der Waals surface area contributed by atoms with Gasteiger partial charge >= 0.3 is 5.97 Å². The third-order valence-electron chi connectivity index (χ3n) is 3.72. The molecule has 134 valence electrons. The Balaban J connectivity index is 3.78. The predicted molar refractivity (Wildman–Crippen MR) is 94.2 cm³/mol. The summed E-state index contributed by atoms with van der Waals surface area (Å²) in [5, 5.41) is 18.6. The number of carbonyl (C=O) groups is 1. The fourth-order valence-corrected chi connectivity index (χ4v) is 2.41. The lowest BCUT2D eigenvalue weighted by atomic mass is 10.0. The minimum atomic E-state index is -0.966. The van der Waals surface area contributed by atoms with Gasteiger partial charge in [0.1, 0.15) is 0 Å². The van der Waals surface area contributed by atoms with E-state index in [2.05, 4.69) is 11.9 Å². The highest BCUT2D eigenvalue weighted by Crippen LogP contribution is 2.14. The number of aliphatic imine (C=N–C) groups is 1.